The average molecular weight is 365 g/mol. The second-order valence-electron chi connectivity index (χ2n) is 4.61. The lowest BCUT2D eigenvalue weighted by Gasteiger charge is -2.22. The van der Waals surface area contributed by atoms with Crippen LogP contribution in [0.5, 0.6) is 5.75 Å². The highest BCUT2D eigenvalue weighted by Gasteiger charge is 2.20. The molecule has 0 amide bonds. The molecule has 1 aromatic carbocycles. The van der Waals surface area contributed by atoms with Crippen LogP contribution in [0.4, 0.5) is 5.69 Å². The zero-order valence-electron chi connectivity index (χ0n) is 12.2. The van der Waals surface area contributed by atoms with Crippen molar-refractivity contribution in [1.82, 2.24) is 4.31 Å². The van der Waals surface area contributed by atoms with Gasteiger partial charge in [-0.15, -0.1) is 0 Å². The van der Waals surface area contributed by atoms with E-state index < -0.39 is 10.2 Å². The molecule has 0 bridgehead atoms. The molecule has 1 rings (SSSR count). The second-order valence-corrected chi connectivity index (χ2v) is 6.90. The van der Waals surface area contributed by atoms with Gasteiger partial charge in [0.25, 0.3) is 0 Å². The van der Waals surface area contributed by atoms with E-state index >= 15 is 0 Å². The van der Waals surface area contributed by atoms with E-state index in [0.717, 1.165) is 11.3 Å². The molecule has 0 atom stereocenters. The maximum Gasteiger partial charge on any atom is 0.301 e. The molecule has 0 spiro atoms. The predicted molar refractivity (Wildman–Crippen MR) is 85.7 cm³/mol. The van der Waals surface area contributed by atoms with E-state index in [0.29, 0.717) is 17.6 Å². The summed E-state index contributed by atoms with van der Waals surface area (Å²) < 4.78 is 33.6. The van der Waals surface area contributed by atoms with Crippen LogP contribution < -0.4 is 9.46 Å². The lowest BCUT2D eigenvalue weighted by atomic mass is 10.2. The maximum absolute atomic E-state index is 12.1. The minimum absolute atomic E-state index is 0.106. The molecule has 20 heavy (non-hydrogen) atoms. The predicted octanol–water partition coefficient (Wildman–Crippen LogP) is 2.98. The third-order valence-electron chi connectivity index (χ3n) is 2.86. The van der Waals surface area contributed by atoms with Crippen LogP contribution in [0, 0.1) is 0 Å². The van der Waals surface area contributed by atoms with E-state index in [1.807, 2.05) is 20.8 Å². The second kappa shape index (κ2) is 7.28. The molecule has 0 radical (unpaired) electrons. The molecule has 1 N–H and O–H groups in total. The van der Waals surface area contributed by atoms with Gasteiger partial charge in [0.05, 0.1) is 12.3 Å². The fourth-order valence-electron chi connectivity index (χ4n) is 1.54. The Bertz CT molecular complexity index is 547. The first-order valence-electron chi connectivity index (χ1n) is 6.39. The van der Waals surface area contributed by atoms with Gasteiger partial charge >= 0.3 is 10.2 Å². The van der Waals surface area contributed by atoms with Crippen LogP contribution in [-0.2, 0) is 15.5 Å². The normalized spacial score (nSPS) is 11.9. The first-order chi connectivity index (χ1) is 9.31. The Balaban J connectivity index is 2.99. The van der Waals surface area contributed by atoms with Gasteiger partial charge in [0.2, 0.25) is 0 Å². The highest BCUT2D eigenvalue weighted by Crippen LogP contribution is 2.26. The van der Waals surface area contributed by atoms with E-state index in [-0.39, 0.29) is 6.04 Å². The summed E-state index contributed by atoms with van der Waals surface area (Å²) in [6.45, 7) is 6.12. The van der Waals surface area contributed by atoms with Gasteiger partial charge < -0.3 is 4.74 Å². The third kappa shape index (κ3) is 4.36. The van der Waals surface area contributed by atoms with E-state index in [1.165, 1.54) is 4.31 Å². The van der Waals surface area contributed by atoms with Crippen LogP contribution >= 0.6 is 15.9 Å². The Morgan fingerprint density at radius 2 is 2.05 bits per heavy atom. The number of ether oxygens (including phenoxy) is 1. The molecule has 7 heteroatoms. The molecule has 0 saturated carbocycles. The summed E-state index contributed by atoms with van der Waals surface area (Å²) in [5.41, 5.74) is 1.43. The van der Waals surface area contributed by atoms with Crippen LogP contribution in [0.15, 0.2) is 18.2 Å². The SMILES string of the molecule is CCOc1ccc(NS(=O)(=O)N(C)C(C)C)cc1CBr. The molecule has 0 saturated heterocycles. The molecule has 0 aliphatic carbocycles. The highest BCUT2D eigenvalue weighted by atomic mass is 79.9. The number of nitrogens with zero attached hydrogens (tertiary/aromatic N) is 1. The number of halogens is 1. The van der Waals surface area contributed by atoms with Crippen molar-refractivity contribution in [3.63, 3.8) is 0 Å². The molecule has 0 aromatic heterocycles. The number of alkyl halides is 1. The number of benzene rings is 1. The van der Waals surface area contributed by atoms with Crippen molar-refractivity contribution in [2.75, 3.05) is 18.4 Å². The van der Waals surface area contributed by atoms with Crippen molar-refractivity contribution >= 4 is 31.8 Å². The summed E-state index contributed by atoms with van der Waals surface area (Å²) >= 11 is 3.38. The zero-order valence-corrected chi connectivity index (χ0v) is 14.6. The molecular weight excluding hydrogens is 344 g/mol. The van der Waals surface area contributed by atoms with Gasteiger partial charge in [-0.2, -0.15) is 12.7 Å². The lowest BCUT2D eigenvalue weighted by Crippen LogP contribution is -2.37. The number of anilines is 1. The summed E-state index contributed by atoms with van der Waals surface area (Å²) in [4.78, 5) is 0. The Labute approximate surface area is 129 Å². The van der Waals surface area contributed by atoms with Gasteiger partial charge in [-0.1, -0.05) is 15.9 Å². The Morgan fingerprint density at radius 1 is 1.40 bits per heavy atom. The standard InChI is InChI=1S/C13H21BrN2O3S/c1-5-19-13-7-6-12(8-11(13)9-14)15-20(17,18)16(4)10(2)3/h6-8,10,15H,5,9H2,1-4H3. The summed E-state index contributed by atoms with van der Waals surface area (Å²) in [5, 5.41) is 0.595. The smallest absolute Gasteiger partial charge is 0.301 e. The van der Waals surface area contributed by atoms with E-state index in [9.17, 15) is 8.42 Å². The van der Waals surface area contributed by atoms with Gasteiger partial charge in [0.1, 0.15) is 5.75 Å². The zero-order chi connectivity index (χ0) is 15.3. The molecule has 114 valence electrons. The molecule has 1 aromatic rings. The van der Waals surface area contributed by atoms with Crippen molar-refractivity contribution in [2.24, 2.45) is 0 Å². The average Bonchev–Trinajstić information content (AvgIpc) is 2.39. The molecule has 0 aliphatic rings. The number of nitrogens with one attached hydrogen (secondary N) is 1. The van der Waals surface area contributed by atoms with E-state index in [2.05, 4.69) is 20.7 Å². The minimum atomic E-state index is -3.54. The molecule has 0 fully saturated rings. The summed E-state index contributed by atoms with van der Waals surface area (Å²) in [5.74, 6) is 0.754. The van der Waals surface area contributed by atoms with Crippen molar-refractivity contribution in [3.8, 4) is 5.75 Å². The first kappa shape index (κ1) is 17.3. The summed E-state index contributed by atoms with van der Waals surface area (Å²) in [6.07, 6.45) is 0. The van der Waals surface area contributed by atoms with Gasteiger partial charge in [0.15, 0.2) is 0 Å². The topological polar surface area (TPSA) is 58.6 Å². The van der Waals surface area contributed by atoms with Crippen LogP contribution in [0.3, 0.4) is 0 Å². The van der Waals surface area contributed by atoms with E-state index in [4.69, 9.17) is 4.74 Å². The molecular formula is C13H21BrN2O3S. The monoisotopic (exact) mass is 364 g/mol. The Morgan fingerprint density at radius 3 is 2.55 bits per heavy atom. The van der Waals surface area contributed by atoms with Crippen LogP contribution in [0.2, 0.25) is 0 Å². The number of hydrogen-bond acceptors (Lipinski definition) is 3. The van der Waals surface area contributed by atoms with Crippen molar-refractivity contribution in [1.29, 1.82) is 0 Å². The minimum Gasteiger partial charge on any atom is -0.494 e. The molecule has 0 unspecified atom stereocenters. The van der Waals surface area contributed by atoms with Crippen molar-refractivity contribution in [3.05, 3.63) is 23.8 Å². The van der Waals surface area contributed by atoms with Gasteiger partial charge in [-0.25, -0.2) is 0 Å². The third-order valence-corrected chi connectivity index (χ3v) is 5.14. The quantitative estimate of drug-likeness (QED) is 0.756. The van der Waals surface area contributed by atoms with Crippen LogP contribution in [-0.4, -0.2) is 32.4 Å². The molecule has 5 nitrogen and oxygen atoms in total. The highest BCUT2D eigenvalue weighted by molar-refractivity contribution is 9.08. The fourth-order valence-corrected chi connectivity index (χ4v) is 3.10. The number of rotatable bonds is 7. The maximum atomic E-state index is 12.1. The molecule has 0 heterocycles. The fraction of sp³-hybridized carbons (Fsp3) is 0.538. The van der Waals surface area contributed by atoms with Crippen LogP contribution in [0.25, 0.3) is 0 Å². The number of hydrogen-bond donors (Lipinski definition) is 1. The van der Waals surface area contributed by atoms with Crippen molar-refractivity contribution < 1.29 is 13.2 Å². The van der Waals surface area contributed by atoms with Gasteiger partial charge in [-0.3, -0.25) is 4.72 Å². The van der Waals surface area contributed by atoms with Crippen LogP contribution in [0.1, 0.15) is 26.3 Å². The largest absolute Gasteiger partial charge is 0.494 e. The van der Waals surface area contributed by atoms with Gasteiger partial charge in [0, 0.05) is 24.0 Å². The Hall–Kier alpha value is -0.790. The van der Waals surface area contributed by atoms with Crippen molar-refractivity contribution in [2.45, 2.75) is 32.1 Å². The Kier molecular flexibility index (Phi) is 6.29. The lowest BCUT2D eigenvalue weighted by molar-refractivity contribution is 0.338. The van der Waals surface area contributed by atoms with Gasteiger partial charge in [-0.05, 0) is 39.0 Å². The molecule has 0 aliphatic heterocycles. The summed E-state index contributed by atoms with van der Waals surface area (Å²) in [6, 6.07) is 5.13. The van der Waals surface area contributed by atoms with E-state index in [1.54, 1.807) is 25.2 Å². The first-order valence-corrected chi connectivity index (χ1v) is 8.95. The summed E-state index contributed by atoms with van der Waals surface area (Å²) in [7, 11) is -1.99.